The third kappa shape index (κ3) is 1.97. The van der Waals surface area contributed by atoms with E-state index in [4.69, 9.17) is 33.4 Å². The average Bonchev–Trinajstić information content (AvgIpc) is 2.01. The molecule has 74 valence electrons. The van der Waals surface area contributed by atoms with E-state index in [9.17, 15) is 9.59 Å². The highest BCUT2D eigenvalue weighted by molar-refractivity contribution is 6.39. The molecule has 4 nitrogen and oxygen atoms in total. The molecular formula is C8H4Cl2O4. The fourth-order valence-corrected chi connectivity index (χ4v) is 1.55. The molecule has 0 heterocycles. The van der Waals surface area contributed by atoms with E-state index in [0.717, 1.165) is 12.1 Å². The van der Waals surface area contributed by atoms with E-state index >= 15 is 0 Å². The minimum absolute atomic E-state index is 0.148. The predicted octanol–water partition coefficient (Wildman–Crippen LogP) is 2.39. The van der Waals surface area contributed by atoms with Gasteiger partial charge in [-0.3, -0.25) is 0 Å². The highest BCUT2D eigenvalue weighted by atomic mass is 35.5. The maximum absolute atomic E-state index is 10.6. The van der Waals surface area contributed by atoms with E-state index < -0.39 is 11.9 Å². The molecule has 0 unspecified atom stereocenters. The van der Waals surface area contributed by atoms with Gasteiger partial charge >= 0.3 is 11.9 Å². The van der Waals surface area contributed by atoms with E-state index in [1.165, 1.54) is 0 Å². The van der Waals surface area contributed by atoms with Crippen molar-refractivity contribution < 1.29 is 19.8 Å². The standard InChI is InChI=1S/C8H4Cl2O4/c9-4-1-3(7(11)12)2-5(10)6(4)8(13)14/h1-2H,(H,11,12)(H,13,14). The fraction of sp³-hybridized carbons (Fsp3) is 0. The number of carbonyl (C=O) groups is 2. The first-order valence-electron chi connectivity index (χ1n) is 3.39. The first-order valence-corrected chi connectivity index (χ1v) is 4.14. The summed E-state index contributed by atoms with van der Waals surface area (Å²) in [6, 6.07) is 2.08. The van der Waals surface area contributed by atoms with Gasteiger partial charge in [0.2, 0.25) is 0 Å². The number of halogens is 2. The Morgan fingerprint density at radius 2 is 1.43 bits per heavy atom. The molecule has 0 aliphatic carbocycles. The summed E-state index contributed by atoms with van der Waals surface area (Å²) in [5, 5.41) is 16.9. The van der Waals surface area contributed by atoms with Gasteiger partial charge in [0.15, 0.2) is 0 Å². The molecule has 6 heteroatoms. The van der Waals surface area contributed by atoms with E-state index in [0.29, 0.717) is 0 Å². The van der Waals surface area contributed by atoms with Crippen molar-refractivity contribution in [2.45, 2.75) is 0 Å². The van der Waals surface area contributed by atoms with Crippen LogP contribution in [0.2, 0.25) is 10.0 Å². The maximum atomic E-state index is 10.6. The summed E-state index contributed by atoms with van der Waals surface area (Å²) in [4.78, 5) is 21.1. The van der Waals surface area contributed by atoms with Crippen LogP contribution in [0.5, 0.6) is 0 Å². The summed E-state index contributed by atoms with van der Waals surface area (Å²) in [5.41, 5.74) is -0.441. The Balaban J connectivity index is 3.39. The van der Waals surface area contributed by atoms with Crippen LogP contribution >= 0.6 is 23.2 Å². The summed E-state index contributed by atoms with van der Waals surface area (Å²) in [7, 11) is 0. The lowest BCUT2D eigenvalue weighted by Gasteiger charge is -2.03. The molecule has 0 saturated heterocycles. The molecule has 14 heavy (non-hydrogen) atoms. The first-order chi connectivity index (χ1) is 6.43. The minimum atomic E-state index is -1.29. The highest BCUT2D eigenvalue weighted by Crippen LogP contribution is 2.26. The molecule has 1 aromatic carbocycles. The van der Waals surface area contributed by atoms with Gasteiger partial charge in [0.05, 0.1) is 21.2 Å². The molecule has 0 radical (unpaired) electrons. The van der Waals surface area contributed by atoms with Crippen LogP contribution < -0.4 is 0 Å². The van der Waals surface area contributed by atoms with Gasteiger partial charge in [-0.05, 0) is 12.1 Å². The smallest absolute Gasteiger partial charge is 0.338 e. The van der Waals surface area contributed by atoms with Crippen LogP contribution in [-0.2, 0) is 0 Å². The predicted molar refractivity (Wildman–Crippen MR) is 50.4 cm³/mol. The maximum Gasteiger partial charge on any atom is 0.338 e. The zero-order chi connectivity index (χ0) is 10.9. The molecule has 0 saturated carbocycles. The number of hydrogen-bond donors (Lipinski definition) is 2. The highest BCUT2D eigenvalue weighted by Gasteiger charge is 2.16. The van der Waals surface area contributed by atoms with Gasteiger partial charge < -0.3 is 10.2 Å². The second-order valence-electron chi connectivity index (χ2n) is 2.43. The van der Waals surface area contributed by atoms with Gasteiger partial charge in [-0.2, -0.15) is 0 Å². The summed E-state index contributed by atoms with van der Waals surface area (Å²) in [6.07, 6.45) is 0. The average molecular weight is 235 g/mol. The normalized spacial score (nSPS) is 9.86. The van der Waals surface area contributed by atoms with Gasteiger partial charge in [-0.1, -0.05) is 23.2 Å². The van der Waals surface area contributed by atoms with Crippen molar-refractivity contribution in [3.8, 4) is 0 Å². The second-order valence-corrected chi connectivity index (χ2v) is 3.24. The monoisotopic (exact) mass is 234 g/mol. The summed E-state index contributed by atoms with van der Waals surface area (Å²) >= 11 is 11.1. The number of rotatable bonds is 2. The van der Waals surface area contributed by atoms with Crippen molar-refractivity contribution in [1.82, 2.24) is 0 Å². The Morgan fingerprint density at radius 1 is 1.00 bits per heavy atom. The lowest BCUT2D eigenvalue weighted by atomic mass is 10.1. The van der Waals surface area contributed by atoms with Crippen LogP contribution in [0.25, 0.3) is 0 Å². The molecule has 0 aromatic heterocycles. The minimum Gasteiger partial charge on any atom is -0.478 e. The van der Waals surface area contributed by atoms with Crippen molar-refractivity contribution in [1.29, 1.82) is 0 Å². The SMILES string of the molecule is O=C(O)c1cc(Cl)c(C(=O)O)c(Cl)c1. The number of benzene rings is 1. The Labute approximate surface area is 88.7 Å². The van der Waals surface area contributed by atoms with Crippen LogP contribution in [0, 0.1) is 0 Å². The quantitative estimate of drug-likeness (QED) is 0.825. The third-order valence-electron chi connectivity index (χ3n) is 1.50. The molecular weight excluding hydrogens is 231 g/mol. The van der Waals surface area contributed by atoms with E-state index in [1.54, 1.807) is 0 Å². The molecule has 0 amide bonds. The Morgan fingerprint density at radius 3 is 1.71 bits per heavy atom. The number of carboxylic acids is 2. The van der Waals surface area contributed by atoms with E-state index in [-0.39, 0.29) is 21.2 Å². The van der Waals surface area contributed by atoms with Crippen LogP contribution in [0.4, 0.5) is 0 Å². The molecule has 0 aliphatic heterocycles. The number of carboxylic acid groups (broad SMARTS) is 2. The molecule has 2 N–H and O–H groups in total. The Bertz CT molecular complexity index is 391. The van der Waals surface area contributed by atoms with Crippen molar-refractivity contribution in [3.05, 3.63) is 33.3 Å². The van der Waals surface area contributed by atoms with Crippen molar-refractivity contribution in [2.75, 3.05) is 0 Å². The van der Waals surface area contributed by atoms with Gasteiger partial charge in [0, 0.05) is 0 Å². The van der Waals surface area contributed by atoms with Crippen molar-refractivity contribution in [2.24, 2.45) is 0 Å². The van der Waals surface area contributed by atoms with Crippen LogP contribution in [0.3, 0.4) is 0 Å². The van der Waals surface area contributed by atoms with E-state index in [2.05, 4.69) is 0 Å². The summed E-state index contributed by atoms with van der Waals surface area (Å²) in [5.74, 6) is -2.51. The lowest BCUT2D eigenvalue weighted by Crippen LogP contribution is -2.03. The zero-order valence-electron chi connectivity index (χ0n) is 6.62. The van der Waals surface area contributed by atoms with Crippen LogP contribution in [-0.4, -0.2) is 22.2 Å². The molecule has 0 fully saturated rings. The first kappa shape index (κ1) is 10.8. The molecule has 0 bridgehead atoms. The van der Waals surface area contributed by atoms with Gasteiger partial charge in [-0.15, -0.1) is 0 Å². The second kappa shape index (κ2) is 3.86. The van der Waals surface area contributed by atoms with Crippen molar-refractivity contribution in [3.63, 3.8) is 0 Å². The molecule has 1 rings (SSSR count). The molecule has 0 spiro atoms. The van der Waals surface area contributed by atoms with Gasteiger partial charge in [-0.25, -0.2) is 9.59 Å². The van der Waals surface area contributed by atoms with E-state index in [1.807, 2.05) is 0 Å². The molecule has 1 aromatic rings. The molecule has 0 aliphatic rings. The Kier molecular flexibility index (Phi) is 2.98. The van der Waals surface area contributed by atoms with Crippen LogP contribution in [0.15, 0.2) is 12.1 Å². The van der Waals surface area contributed by atoms with Crippen molar-refractivity contribution >= 4 is 35.1 Å². The van der Waals surface area contributed by atoms with Gasteiger partial charge in [0.1, 0.15) is 0 Å². The van der Waals surface area contributed by atoms with Gasteiger partial charge in [0.25, 0.3) is 0 Å². The Hall–Kier alpha value is -1.26. The zero-order valence-corrected chi connectivity index (χ0v) is 8.13. The number of aromatic carboxylic acids is 2. The summed E-state index contributed by atoms with van der Waals surface area (Å²) < 4.78 is 0. The van der Waals surface area contributed by atoms with Crippen LogP contribution in [0.1, 0.15) is 20.7 Å². The summed E-state index contributed by atoms with van der Waals surface area (Å²) in [6.45, 7) is 0. The molecule has 0 atom stereocenters. The third-order valence-corrected chi connectivity index (χ3v) is 2.10. The fourth-order valence-electron chi connectivity index (χ4n) is 0.901. The lowest BCUT2D eigenvalue weighted by molar-refractivity contribution is 0.0681. The number of hydrogen-bond acceptors (Lipinski definition) is 2. The largest absolute Gasteiger partial charge is 0.478 e. The topological polar surface area (TPSA) is 74.6 Å².